The summed E-state index contributed by atoms with van der Waals surface area (Å²) >= 11 is 0. The van der Waals surface area contributed by atoms with Crippen LogP contribution in [0.5, 0.6) is 0 Å². The minimum Gasteiger partial charge on any atom is -0.382 e. The Bertz CT molecular complexity index is 552. The summed E-state index contributed by atoms with van der Waals surface area (Å²) in [7, 11) is 0. The van der Waals surface area contributed by atoms with Crippen molar-refractivity contribution in [1.82, 2.24) is 0 Å². The smallest absolute Gasteiger partial charge is 0.0566 e. The third-order valence-electron chi connectivity index (χ3n) is 3.86. The van der Waals surface area contributed by atoms with Crippen LogP contribution in [0.1, 0.15) is 19.8 Å². The molecule has 0 amide bonds. The normalized spacial score (nSPS) is 22.4. The van der Waals surface area contributed by atoms with E-state index in [4.69, 9.17) is 4.74 Å². The van der Waals surface area contributed by atoms with Crippen LogP contribution in [0.15, 0.2) is 54.6 Å². The van der Waals surface area contributed by atoms with Crippen molar-refractivity contribution in [2.75, 3.05) is 11.9 Å². The molecule has 2 nitrogen and oxygen atoms in total. The summed E-state index contributed by atoms with van der Waals surface area (Å²) in [5.41, 5.74) is 3.75. The van der Waals surface area contributed by atoms with Crippen LogP contribution in [-0.2, 0) is 4.74 Å². The van der Waals surface area contributed by atoms with Crippen LogP contribution >= 0.6 is 0 Å². The number of hydrogen-bond acceptors (Lipinski definition) is 2. The van der Waals surface area contributed by atoms with Crippen LogP contribution in [0.4, 0.5) is 5.69 Å². The summed E-state index contributed by atoms with van der Waals surface area (Å²) in [6.07, 6.45) is 2.50. The first kappa shape index (κ1) is 13.2. The topological polar surface area (TPSA) is 21.3 Å². The van der Waals surface area contributed by atoms with Gasteiger partial charge in [-0.2, -0.15) is 0 Å². The molecule has 1 aliphatic rings. The van der Waals surface area contributed by atoms with E-state index in [0.29, 0.717) is 12.1 Å². The van der Waals surface area contributed by atoms with Gasteiger partial charge in [0, 0.05) is 23.9 Å². The Labute approximate surface area is 120 Å². The first-order valence-corrected chi connectivity index (χ1v) is 7.35. The summed E-state index contributed by atoms with van der Waals surface area (Å²) in [5.74, 6) is 0. The lowest BCUT2D eigenvalue weighted by molar-refractivity contribution is 0.0232. The number of benzene rings is 2. The zero-order valence-electron chi connectivity index (χ0n) is 11.9. The van der Waals surface area contributed by atoms with E-state index in [0.717, 1.165) is 19.4 Å². The highest BCUT2D eigenvalue weighted by atomic mass is 16.5. The van der Waals surface area contributed by atoms with Gasteiger partial charge in [-0.15, -0.1) is 0 Å². The van der Waals surface area contributed by atoms with E-state index in [2.05, 4.69) is 66.8 Å². The molecule has 0 saturated carbocycles. The maximum atomic E-state index is 5.62. The monoisotopic (exact) mass is 267 g/mol. The molecule has 1 saturated heterocycles. The first-order valence-electron chi connectivity index (χ1n) is 7.35. The van der Waals surface area contributed by atoms with Crippen LogP contribution < -0.4 is 5.32 Å². The quantitative estimate of drug-likeness (QED) is 0.893. The van der Waals surface area contributed by atoms with Gasteiger partial charge < -0.3 is 10.1 Å². The first-order chi connectivity index (χ1) is 9.83. The number of anilines is 1. The summed E-state index contributed by atoms with van der Waals surface area (Å²) in [6.45, 7) is 3.00. The van der Waals surface area contributed by atoms with Crippen LogP contribution in [-0.4, -0.2) is 18.8 Å². The molecule has 1 aliphatic heterocycles. The fraction of sp³-hybridized carbons (Fsp3) is 0.333. The van der Waals surface area contributed by atoms with Crippen molar-refractivity contribution in [3.8, 4) is 11.1 Å². The van der Waals surface area contributed by atoms with E-state index in [9.17, 15) is 0 Å². The van der Waals surface area contributed by atoms with Crippen molar-refractivity contribution >= 4 is 5.69 Å². The van der Waals surface area contributed by atoms with Gasteiger partial charge in [0.05, 0.1) is 6.10 Å². The second kappa shape index (κ2) is 6.10. The lowest BCUT2D eigenvalue weighted by Gasteiger charge is -2.29. The van der Waals surface area contributed by atoms with Crippen LogP contribution in [0.2, 0.25) is 0 Å². The number of para-hydroxylation sites is 1. The molecule has 1 fully saturated rings. The highest BCUT2D eigenvalue weighted by Crippen LogP contribution is 2.29. The molecule has 2 heteroatoms. The van der Waals surface area contributed by atoms with Crippen LogP contribution in [0.3, 0.4) is 0 Å². The average molecular weight is 267 g/mol. The Kier molecular flexibility index (Phi) is 4.03. The Balaban J connectivity index is 1.83. The van der Waals surface area contributed by atoms with Gasteiger partial charge in [0.2, 0.25) is 0 Å². The summed E-state index contributed by atoms with van der Waals surface area (Å²) < 4.78 is 5.62. The van der Waals surface area contributed by atoms with Crippen LogP contribution in [0.25, 0.3) is 11.1 Å². The third-order valence-corrected chi connectivity index (χ3v) is 3.86. The largest absolute Gasteiger partial charge is 0.382 e. The lowest BCUT2D eigenvalue weighted by Crippen LogP contribution is -2.32. The zero-order chi connectivity index (χ0) is 13.8. The van der Waals surface area contributed by atoms with Crippen molar-refractivity contribution in [3.05, 3.63) is 54.6 Å². The SMILES string of the molecule is CC1CC(Nc2ccccc2-c2ccccc2)CCO1. The predicted octanol–water partition coefficient (Wildman–Crippen LogP) is 4.33. The van der Waals surface area contributed by atoms with Gasteiger partial charge in [0.15, 0.2) is 0 Å². The fourth-order valence-corrected chi connectivity index (χ4v) is 2.83. The number of nitrogens with one attached hydrogen (secondary N) is 1. The fourth-order valence-electron chi connectivity index (χ4n) is 2.83. The maximum absolute atomic E-state index is 5.62. The molecule has 0 aromatic heterocycles. The molecule has 1 heterocycles. The molecular weight excluding hydrogens is 246 g/mol. The van der Waals surface area contributed by atoms with Crippen molar-refractivity contribution in [3.63, 3.8) is 0 Å². The standard InChI is InChI=1S/C18H21NO/c1-14-13-16(11-12-20-14)19-18-10-6-5-9-17(18)15-7-3-2-4-8-15/h2-10,14,16,19H,11-13H2,1H3. The average Bonchev–Trinajstić information content (AvgIpc) is 2.49. The molecule has 0 bridgehead atoms. The molecule has 2 unspecified atom stereocenters. The van der Waals surface area contributed by atoms with E-state index in [1.165, 1.54) is 16.8 Å². The minimum atomic E-state index is 0.352. The van der Waals surface area contributed by atoms with Gasteiger partial charge in [-0.25, -0.2) is 0 Å². The van der Waals surface area contributed by atoms with E-state index < -0.39 is 0 Å². The minimum absolute atomic E-state index is 0.352. The molecular formula is C18H21NO. The highest BCUT2D eigenvalue weighted by Gasteiger charge is 2.19. The predicted molar refractivity (Wildman–Crippen MR) is 83.9 cm³/mol. The Morgan fingerprint density at radius 2 is 1.75 bits per heavy atom. The summed E-state index contributed by atoms with van der Waals surface area (Å²) in [5, 5.41) is 3.70. The van der Waals surface area contributed by atoms with Gasteiger partial charge in [-0.3, -0.25) is 0 Å². The van der Waals surface area contributed by atoms with Gasteiger partial charge in [-0.1, -0.05) is 48.5 Å². The Morgan fingerprint density at radius 3 is 2.55 bits per heavy atom. The van der Waals surface area contributed by atoms with Crippen LogP contribution in [0, 0.1) is 0 Å². The van der Waals surface area contributed by atoms with Crippen molar-refractivity contribution in [2.24, 2.45) is 0 Å². The number of ether oxygens (including phenoxy) is 1. The van der Waals surface area contributed by atoms with Crippen molar-refractivity contribution in [1.29, 1.82) is 0 Å². The zero-order valence-corrected chi connectivity index (χ0v) is 11.9. The molecule has 104 valence electrons. The van der Waals surface area contributed by atoms with Crippen molar-refractivity contribution in [2.45, 2.75) is 31.9 Å². The second-order valence-electron chi connectivity index (χ2n) is 5.46. The highest BCUT2D eigenvalue weighted by molar-refractivity contribution is 5.77. The molecule has 20 heavy (non-hydrogen) atoms. The summed E-state index contributed by atoms with van der Waals surface area (Å²) in [6, 6.07) is 19.6. The van der Waals surface area contributed by atoms with Gasteiger partial charge >= 0.3 is 0 Å². The Hall–Kier alpha value is -1.80. The van der Waals surface area contributed by atoms with Gasteiger partial charge in [0.25, 0.3) is 0 Å². The molecule has 0 radical (unpaired) electrons. The molecule has 2 aromatic rings. The van der Waals surface area contributed by atoms with E-state index >= 15 is 0 Å². The van der Waals surface area contributed by atoms with Gasteiger partial charge in [-0.05, 0) is 31.4 Å². The lowest BCUT2D eigenvalue weighted by atomic mass is 10.0. The second-order valence-corrected chi connectivity index (χ2v) is 5.46. The molecule has 0 spiro atoms. The Morgan fingerprint density at radius 1 is 1.00 bits per heavy atom. The van der Waals surface area contributed by atoms with Gasteiger partial charge in [0.1, 0.15) is 0 Å². The number of rotatable bonds is 3. The molecule has 3 rings (SSSR count). The van der Waals surface area contributed by atoms with E-state index in [-0.39, 0.29) is 0 Å². The maximum Gasteiger partial charge on any atom is 0.0566 e. The number of hydrogen-bond donors (Lipinski definition) is 1. The third kappa shape index (κ3) is 3.02. The van der Waals surface area contributed by atoms with E-state index in [1.807, 2.05) is 0 Å². The summed E-state index contributed by atoms with van der Waals surface area (Å²) in [4.78, 5) is 0. The van der Waals surface area contributed by atoms with E-state index in [1.54, 1.807) is 0 Å². The molecule has 1 N–H and O–H groups in total. The van der Waals surface area contributed by atoms with Crippen molar-refractivity contribution < 1.29 is 4.74 Å². The molecule has 2 atom stereocenters. The molecule has 0 aliphatic carbocycles. The molecule has 2 aromatic carbocycles.